The predicted molar refractivity (Wildman–Crippen MR) is 112 cm³/mol. The first kappa shape index (κ1) is 21.5. The number of anilines is 1. The zero-order valence-corrected chi connectivity index (χ0v) is 17.4. The number of imidazole rings is 1. The number of carbonyl (C=O) groups is 1. The molecule has 1 N–H and O–H groups in total. The van der Waals surface area contributed by atoms with Crippen molar-refractivity contribution in [1.82, 2.24) is 14.5 Å². The third-order valence-electron chi connectivity index (χ3n) is 4.72. The Kier molecular flexibility index (Phi) is 6.72. The number of amides is 1. The Morgan fingerprint density at radius 1 is 1.17 bits per heavy atom. The fourth-order valence-corrected chi connectivity index (χ4v) is 3.72. The standard InChI is InChI=1S/C20H20Cl2F2N4O/c1-3-27(11-17(29)26-18-13(21)7-6-8-14(18)22)12(2)19-25-15-9-4-5-10-16(15)28(19)20(23)24/h4-10,12,20H,3,11H2,1-2H3,(H,26,29). The number of hydrogen-bond acceptors (Lipinski definition) is 3. The van der Waals surface area contributed by atoms with Crippen molar-refractivity contribution in [3.63, 3.8) is 0 Å². The number of benzene rings is 2. The lowest BCUT2D eigenvalue weighted by atomic mass is 10.2. The molecule has 3 aromatic rings. The molecular weight excluding hydrogens is 421 g/mol. The molecule has 1 unspecified atom stereocenters. The molecule has 0 saturated carbocycles. The molecule has 0 aliphatic heterocycles. The van der Waals surface area contributed by atoms with E-state index in [0.29, 0.717) is 33.3 Å². The van der Waals surface area contributed by atoms with E-state index in [4.69, 9.17) is 23.2 Å². The fourth-order valence-electron chi connectivity index (χ4n) is 3.23. The second kappa shape index (κ2) is 9.07. The predicted octanol–water partition coefficient (Wildman–Crippen LogP) is 5.76. The number of halogens is 4. The summed E-state index contributed by atoms with van der Waals surface area (Å²) in [6.45, 7) is 1.28. The lowest BCUT2D eigenvalue weighted by molar-refractivity contribution is -0.117. The topological polar surface area (TPSA) is 50.2 Å². The van der Waals surface area contributed by atoms with Crippen molar-refractivity contribution in [2.24, 2.45) is 0 Å². The van der Waals surface area contributed by atoms with Gasteiger partial charge in [0.05, 0.1) is 39.4 Å². The van der Waals surface area contributed by atoms with Gasteiger partial charge in [-0.05, 0) is 37.7 Å². The van der Waals surface area contributed by atoms with Gasteiger partial charge in [0.2, 0.25) is 5.91 Å². The van der Waals surface area contributed by atoms with Crippen LogP contribution in [0.1, 0.15) is 32.3 Å². The molecule has 0 radical (unpaired) electrons. The maximum Gasteiger partial charge on any atom is 0.320 e. The number of alkyl halides is 2. The van der Waals surface area contributed by atoms with Crippen LogP contribution in [0, 0.1) is 0 Å². The maximum absolute atomic E-state index is 13.8. The molecule has 0 fully saturated rings. The van der Waals surface area contributed by atoms with Crippen LogP contribution in [0.5, 0.6) is 0 Å². The van der Waals surface area contributed by atoms with Crippen LogP contribution in [-0.2, 0) is 4.79 Å². The summed E-state index contributed by atoms with van der Waals surface area (Å²) in [6.07, 6.45) is 0. The minimum Gasteiger partial charge on any atom is -0.322 e. The van der Waals surface area contributed by atoms with Crippen molar-refractivity contribution in [2.75, 3.05) is 18.4 Å². The first-order chi connectivity index (χ1) is 13.8. The highest BCUT2D eigenvalue weighted by Gasteiger charge is 2.26. The van der Waals surface area contributed by atoms with Gasteiger partial charge in [-0.15, -0.1) is 0 Å². The van der Waals surface area contributed by atoms with Gasteiger partial charge >= 0.3 is 6.55 Å². The summed E-state index contributed by atoms with van der Waals surface area (Å²) in [7, 11) is 0. The van der Waals surface area contributed by atoms with Gasteiger partial charge in [-0.25, -0.2) is 4.98 Å². The third kappa shape index (κ3) is 4.52. The van der Waals surface area contributed by atoms with Gasteiger partial charge in [-0.2, -0.15) is 8.78 Å². The smallest absolute Gasteiger partial charge is 0.320 e. The van der Waals surface area contributed by atoms with Crippen molar-refractivity contribution >= 4 is 45.8 Å². The molecule has 1 amide bonds. The van der Waals surface area contributed by atoms with Crippen LogP contribution in [0.25, 0.3) is 11.0 Å². The van der Waals surface area contributed by atoms with E-state index in [0.717, 1.165) is 4.57 Å². The molecule has 1 atom stereocenters. The summed E-state index contributed by atoms with van der Waals surface area (Å²) in [4.78, 5) is 18.7. The second-order valence-electron chi connectivity index (χ2n) is 6.49. The summed E-state index contributed by atoms with van der Waals surface area (Å²) in [5, 5.41) is 3.34. The van der Waals surface area contributed by atoms with Crippen molar-refractivity contribution in [1.29, 1.82) is 0 Å². The molecule has 5 nitrogen and oxygen atoms in total. The number of fused-ring (bicyclic) bond motifs is 1. The number of likely N-dealkylation sites (N-methyl/N-ethyl adjacent to an activating group) is 1. The summed E-state index contributed by atoms with van der Waals surface area (Å²) in [5.41, 5.74) is 1.16. The Morgan fingerprint density at radius 3 is 2.45 bits per heavy atom. The highest BCUT2D eigenvalue weighted by molar-refractivity contribution is 6.39. The van der Waals surface area contributed by atoms with Crippen LogP contribution in [0.4, 0.5) is 14.5 Å². The lowest BCUT2D eigenvalue weighted by Crippen LogP contribution is -2.36. The second-order valence-corrected chi connectivity index (χ2v) is 7.30. The molecular formula is C20H20Cl2F2N4O. The Morgan fingerprint density at radius 2 is 1.83 bits per heavy atom. The van der Waals surface area contributed by atoms with Crippen molar-refractivity contribution in [3.8, 4) is 0 Å². The number of rotatable bonds is 7. The van der Waals surface area contributed by atoms with Crippen LogP contribution in [0.3, 0.4) is 0 Å². The molecule has 2 aromatic carbocycles. The van der Waals surface area contributed by atoms with E-state index in [-0.39, 0.29) is 18.3 Å². The van der Waals surface area contributed by atoms with Gasteiger partial charge < -0.3 is 5.32 Å². The molecule has 0 spiro atoms. The number of nitrogens with one attached hydrogen (secondary N) is 1. The van der Waals surface area contributed by atoms with Crippen LogP contribution >= 0.6 is 23.2 Å². The van der Waals surface area contributed by atoms with E-state index in [1.165, 1.54) is 0 Å². The molecule has 1 aromatic heterocycles. The molecule has 0 bridgehead atoms. The quantitative estimate of drug-likeness (QED) is 0.507. The number of aromatic nitrogens is 2. The van der Waals surface area contributed by atoms with Crippen molar-refractivity contribution in [2.45, 2.75) is 26.4 Å². The molecule has 0 aliphatic carbocycles. The number of carbonyl (C=O) groups excluding carboxylic acids is 1. The van der Waals surface area contributed by atoms with Crippen LogP contribution in [-0.4, -0.2) is 33.4 Å². The van der Waals surface area contributed by atoms with Gasteiger partial charge in [-0.3, -0.25) is 14.3 Å². The molecule has 154 valence electrons. The molecule has 29 heavy (non-hydrogen) atoms. The molecule has 3 rings (SSSR count). The van der Waals surface area contributed by atoms with Crippen molar-refractivity contribution in [3.05, 3.63) is 58.3 Å². The van der Waals surface area contributed by atoms with Gasteiger partial charge in [0.25, 0.3) is 0 Å². The maximum atomic E-state index is 13.8. The summed E-state index contributed by atoms with van der Waals surface area (Å²) >= 11 is 12.2. The lowest BCUT2D eigenvalue weighted by Gasteiger charge is -2.27. The largest absolute Gasteiger partial charge is 0.322 e. The van der Waals surface area contributed by atoms with E-state index in [1.54, 1.807) is 54.3 Å². The minimum atomic E-state index is -2.74. The zero-order valence-electron chi connectivity index (χ0n) is 15.9. The number of nitrogens with zero attached hydrogens (tertiary/aromatic N) is 3. The zero-order chi connectivity index (χ0) is 21.1. The monoisotopic (exact) mass is 440 g/mol. The normalized spacial score (nSPS) is 12.7. The third-order valence-corrected chi connectivity index (χ3v) is 5.35. The first-order valence-corrected chi connectivity index (χ1v) is 9.82. The summed E-state index contributed by atoms with van der Waals surface area (Å²) < 4.78 is 28.4. The molecule has 1 heterocycles. The summed E-state index contributed by atoms with van der Waals surface area (Å²) in [6, 6.07) is 11.1. The number of para-hydroxylation sites is 3. The average Bonchev–Trinajstić information content (AvgIpc) is 3.08. The van der Waals surface area contributed by atoms with Gasteiger partial charge in [-0.1, -0.05) is 48.3 Å². The molecule has 0 saturated heterocycles. The highest BCUT2D eigenvalue weighted by atomic mass is 35.5. The first-order valence-electron chi connectivity index (χ1n) is 9.06. The Labute approximate surface area is 177 Å². The SMILES string of the molecule is CCN(CC(=O)Nc1c(Cl)cccc1Cl)C(C)c1nc2ccccc2n1C(F)F. The van der Waals surface area contributed by atoms with E-state index in [2.05, 4.69) is 10.3 Å². The summed E-state index contributed by atoms with van der Waals surface area (Å²) in [5.74, 6) is -0.153. The van der Waals surface area contributed by atoms with E-state index < -0.39 is 12.6 Å². The van der Waals surface area contributed by atoms with Gasteiger partial charge in [0.15, 0.2) is 0 Å². The van der Waals surface area contributed by atoms with Crippen LogP contribution < -0.4 is 5.32 Å². The van der Waals surface area contributed by atoms with E-state index in [1.807, 2.05) is 6.92 Å². The molecule has 9 heteroatoms. The average molecular weight is 441 g/mol. The van der Waals surface area contributed by atoms with E-state index in [9.17, 15) is 13.6 Å². The highest BCUT2D eigenvalue weighted by Crippen LogP contribution is 2.31. The fraction of sp³-hybridized carbons (Fsp3) is 0.300. The Hall–Kier alpha value is -2.22. The minimum absolute atomic E-state index is 0.0360. The Balaban J connectivity index is 1.84. The molecule has 0 aliphatic rings. The van der Waals surface area contributed by atoms with Crippen LogP contribution in [0.15, 0.2) is 42.5 Å². The van der Waals surface area contributed by atoms with Crippen LogP contribution in [0.2, 0.25) is 10.0 Å². The van der Waals surface area contributed by atoms with E-state index >= 15 is 0 Å². The Bertz CT molecular complexity index is 1000. The van der Waals surface area contributed by atoms with Gasteiger partial charge in [0.1, 0.15) is 5.82 Å². The number of hydrogen-bond donors (Lipinski definition) is 1. The van der Waals surface area contributed by atoms with Gasteiger partial charge in [0, 0.05) is 0 Å². The van der Waals surface area contributed by atoms with Crippen molar-refractivity contribution < 1.29 is 13.6 Å².